The fourth-order valence-electron chi connectivity index (χ4n) is 1.09. The monoisotopic (exact) mass is 174 g/mol. The minimum Gasteiger partial charge on any atom is -0.311 e. The molecule has 0 aromatic rings. The van der Waals surface area contributed by atoms with Gasteiger partial charge in [0.15, 0.2) is 7.85 Å². The highest BCUT2D eigenvalue weighted by atomic mass is 19.2. The molecule has 0 aliphatic rings. The van der Waals surface area contributed by atoms with Crippen molar-refractivity contribution >= 4 is 13.5 Å². The highest BCUT2D eigenvalue weighted by Gasteiger charge is 2.09. The number of hydrogen-bond donors (Lipinski definition) is 2. The Labute approximate surface area is 73.4 Å². The minimum absolute atomic E-state index is 0.0652. The predicted molar refractivity (Wildman–Crippen MR) is 49.4 cm³/mol. The van der Waals surface area contributed by atoms with Crippen LogP contribution in [0.3, 0.4) is 0 Å². The molecule has 0 radical (unpaired) electrons. The fourth-order valence-corrected chi connectivity index (χ4v) is 1.09. The SMILES string of the molecule is BC(=O)[C@H](CCCCNF)NC. The zero-order chi connectivity index (χ0) is 9.40. The molecule has 0 saturated carbocycles. The molecule has 12 heavy (non-hydrogen) atoms. The summed E-state index contributed by atoms with van der Waals surface area (Å²) in [7, 11) is 3.33. The standard InChI is InChI=1S/C7H16BFN2O/c1-10-6(7(8)12)4-2-3-5-11-9/h6,10-11H,2-5,8H2,1H3/t6-/m0/s1. The molecule has 70 valence electrons. The number of likely N-dealkylation sites (N-methyl/N-ethyl adjacent to an activating group) is 1. The van der Waals surface area contributed by atoms with Gasteiger partial charge < -0.3 is 10.1 Å². The number of carbonyl (C=O) groups is 1. The lowest BCUT2D eigenvalue weighted by atomic mass is 9.92. The molecule has 0 bridgehead atoms. The number of rotatable bonds is 7. The molecule has 0 heterocycles. The molecule has 0 spiro atoms. The third-order valence-electron chi connectivity index (χ3n) is 1.85. The van der Waals surface area contributed by atoms with Gasteiger partial charge >= 0.3 is 0 Å². The van der Waals surface area contributed by atoms with Gasteiger partial charge in [0.25, 0.3) is 0 Å². The Hall–Kier alpha value is -0.415. The zero-order valence-corrected chi connectivity index (χ0v) is 7.69. The van der Waals surface area contributed by atoms with E-state index >= 15 is 0 Å². The van der Waals surface area contributed by atoms with Gasteiger partial charge in [-0.05, 0) is 19.9 Å². The Bertz CT molecular complexity index is 135. The van der Waals surface area contributed by atoms with Crippen molar-refractivity contribution < 1.29 is 9.28 Å². The first kappa shape index (κ1) is 11.6. The molecule has 0 fully saturated rings. The Morgan fingerprint density at radius 2 is 2.25 bits per heavy atom. The van der Waals surface area contributed by atoms with E-state index in [9.17, 15) is 9.28 Å². The van der Waals surface area contributed by atoms with Crippen molar-refractivity contribution in [2.75, 3.05) is 13.6 Å². The van der Waals surface area contributed by atoms with Crippen LogP contribution in [-0.2, 0) is 4.79 Å². The maximum atomic E-state index is 11.4. The van der Waals surface area contributed by atoms with E-state index in [4.69, 9.17) is 0 Å². The summed E-state index contributed by atoms with van der Waals surface area (Å²) in [5.74, 6) is 0. The number of halogens is 1. The van der Waals surface area contributed by atoms with Gasteiger partial charge in [-0.1, -0.05) is 6.42 Å². The summed E-state index contributed by atoms with van der Waals surface area (Å²) in [6.07, 6.45) is 2.41. The van der Waals surface area contributed by atoms with Gasteiger partial charge in [0.2, 0.25) is 0 Å². The van der Waals surface area contributed by atoms with Crippen molar-refractivity contribution in [2.24, 2.45) is 0 Å². The summed E-state index contributed by atoms with van der Waals surface area (Å²) < 4.78 is 11.4. The van der Waals surface area contributed by atoms with Gasteiger partial charge in [0, 0.05) is 6.54 Å². The normalized spacial score (nSPS) is 12.8. The maximum Gasteiger partial charge on any atom is 0.189 e. The van der Waals surface area contributed by atoms with Crippen molar-refractivity contribution in [3.8, 4) is 0 Å². The van der Waals surface area contributed by atoms with Crippen molar-refractivity contribution in [2.45, 2.75) is 25.3 Å². The molecule has 0 aliphatic carbocycles. The molecular weight excluding hydrogens is 158 g/mol. The molecule has 0 rings (SSSR count). The lowest BCUT2D eigenvalue weighted by Gasteiger charge is -2.11. The van der Waals surface area contributed by atoms with Crippen molar-refractivity contribution in [3.05, 3.63) is 0 Å². The van der Waals surface area contributed by atoms with E-state index in [0.29, 0.717) is 6.54 Å². The van der Waals surface area contributed by atoms with Crippen LogP contribution in [-0.4, -0.2) is 33.2 Å². The predicted octanol–water partition coefficient (Wildman–Crippen LogP) is -0.622. The minimum atomic E-state index is -0.0652. The maximum absolute atomic E-state index is 11.4. The van der Waals surface area contributed by atoms with Gasteiger partial charge in [0.1, 0.15) is 0 Å². The fraction of sp³-hybridized carbons (Fsp3) is 0.857. The number of nitrogens with one attached hydrogen (secondary N) is 2. The first-order valence-electron chi connectivity index (χ1n) is 4.23. The Balaban J connectivity index is 3.38. The average Bonchev–Trinajstić information content (AvgIpc) is 2.04. The van der Waals surface area contributed by atoms with E-state index in [1.54, 1.807) is 20.4 Å². The van der Waals surface area contributed by atoms with Crippen molar-refractivity contribution in [1.82, 2.24) is 10.9 Å². The van der Waals surface area contributed by atoms with Gasteiger partial charge in [-0.15, -0.1) is 4.48 Å². The van der Waals surface area contributed by atoms with Crippen LogP contribution in [0.5, 0.6) is 0 Å². The molecule has 0 aromatic heterocycles. The second-order valence-corrected chi connectivity index (χ2v) is 2.83. The summed E-state index contributed by atoms with van der Waals surface area (Å²) in [5, 5.41) is 2.91. The number of unbranched alkanes of at least 4 members (excludes halogenated alkanes) is 1. The van der Waals surface area contributed by atoms with Crippen LogP contribution in [0.25, 0.3) is 0 Å². The Kier molecular flexibility index (Phi) is 7.00. The third kappa shape index (κ3) is 5.26. The first-order chi connectivity index (χ1) is 5.72. The largest absolute Gasteiger partial charge is 0.311 e. The number of carbonyl (C=O) groups excluding carboxylic acids is 1. The Morgan fingerprint density at radius 3 is 2.67 bits per heavy atom. The molecule has 0 aromatic carbocycles. The number of hydrogen-bond acceptors (Lipinski definition) is 3. The topological polar surface area (TPSA) is 41.1 Å². The highest BCUT2D eigenvalue weighted by Crippen LogP contribution is 1.99. The Morgan fingerprint density at radius 1 is 1.58 bits per heavy atom. The van der Waals surface area contributed by atoms with Gasteiger partial charge in [-0.3, -0.25) is 0 Å². The second kappa shape index (κ2) is 7.25. The van der Waals surface area contributed by atoms with Crippen LogP contribution in [0.2, 0.25) is 0 Å². The van der Waals surface area contributed by atoms with E-state index in [1.165, 1.54) is 0 Å². The highest BCUT2D eigenvalue weighted by molar-refractivity contribution is 6.59. The van der Waals surface area contributed by atoms with Gasteiger partial charge in [-0.25, -0.2) is 0 Å². The van der Waals surface area contributed by atoms with Crippen molar-refractivity contribution in [1.29, 1.82) is 0 Å². The summed E-state index contributed by atoms with van der Waals surface area (Å²) in [6.45, 7) is 0.369. The summed E-state index contributed by atoms with van der Waals surface area (Å²) in [5.41, 5.74) is 1.73. The molecule has 0 saturated heterocycles. The van der Waals surface area contributed by atoms with Crippen molar-refractivity contribution in [3.63, 3.8) is 0 Å². The third-order valence-corrected chi connectivity index (χ3v) is 1.85. The second-order valence-electron chi connectivity index (χ2n) is 2.83. The molecule has 2 N–H and O–H groups in total. The lowest BCUT2D eigenvalue weighted by Crippen LogP contribution is -2.34. The molecule has 0 amide bonds. The quantitative estimate of drug-likeness (QED) is 0.307. The molecule has 0 unspecified atom stereocenters. The summed E-state index contributed by atoms with van der Waals surface area (Å²) in [6, 6.07) is -0.0652. The molecule has 5 heteroatoms. The first-order valence-corrected chi connectivity index (χ1v) is 4.23. The van der Waals surface area contributed by atoms with Crippen LogP contribution in [0.15, 0.2) is 0 Å². The summed E-state index contributed by atoms with van der Waals surface area (Å²) >= 11 is 0. The molecule has 3 nitrogen and oxygen atoms in total. The summed E-state index contributed by atoms with van der Waals surface area (Å²) in [4.78, 5) is 10.9. The van der Waals surface area contributed by atoms with Crippen LogP contribution < -0.4 is 10.9 Å². The van der Waals surface area contributed by atoms with E-state index in [-0.39, 0.29) is 11.7 Å². The zero-order valence-electron chi connectivity index (χ0n) is 7.69. The lowest BCUT2D eigenvalue weighted by molar-refractivity contribution is -0.113. The van der Waals surface area contributed by atoms with Crippen LogP contribution in [0.4, 0.5) is 4.48 Å². The molecule has 1 atom stereocenters. The molecule has 0 aliphatic heterocycles. The van der Waals surface area contributed by atoms with E-state index in [0.717, 1.165) is 19.3 Å². The van der Waals surface area contributed by atoms with Crippen LogP contribution in [0.1, 0.15) is 19.3 Å². The molecular formula is C7H16BFN2O. The van der Waals surface area contributed by atoms with Gasteiger partial charge in [0.05, 0.1) is 11.7 Å². The van der Waals surface area contributed by atoms with E-state index in [2.05, 4.69) is 5.32 Å². The van der Waals surface area contributed by atoms with E-state index in [1.807, 2.05) is 0 Å². The van der Waals surface area contributed by atoms with Gasteiger partial charge in [-0.2, -0.15) is 5.54 Å². The van der Waals surface area contributed by atoms with E-state index < -0.39 is 0 Å². The average molecular weight is 174 g/mol. The smallest absolute Gasteiger partial charge is 0.189 e. The van der Waals surface area contributed by atoms with Crippen LogP contribution in [0, 0.1) is 0 Å². The van der Waals surface area contributed by atoms with Crippen LogP contribution >= 0.6 is 0 Å².